The van der Waals surface area contributed by atoms with Crippen molar-refractivity contribution in [3.63, 3.8) is 0 Å². The molecule has 17 heavy (non-hydrogen) atoms. The van der Waals surface area contributed by atoms with E-state index in [1.807, 2.05) is 11.2 Å². The van der Waals surface area contributed by atoms with E-state index >= 15 is 0 Å². The maximum atomic E-state index is 11.0. The maximum absolute atomic E-state index is 11.0. The molecule has 7 nitrogen and oxygen atoms in total. The Kier molecular flexibility index (Phi) is 3.79. The fraction of sp³-hybridized carbons (Fsp3) is 0.700. The average molecular weight is 238 g/mol. The molecule has 2 amide bonds. The van der Waals surface area contributed by atoms with Crippen LogP contribution in [-0.4, -0.2) is 67.4 Å². The molecule has 3 N–H and O–H groups in total. The van der Waals surface area contributed by atoms with E-state index in [2.05, 4.69) is 20.2 Å². The molecule has 0 saturated heterocycles. The molecule has 94 valence electrons. The Hall–Kier alpha value is -1.79. The smallest absolute Gasteiger partial charge is 0.313 e. The number of carbonyl (C=O) groups excluding carboxylic acids is 1. The Morgan fingerprint density at radius 1 is 1.35 bits per heavy atom. The monoisotopic (exact) mass is 238 g/mol. The van der Waals surface area contributed by atoms with Crippen LogP contribution >= 0.6 is 0 Å². The molecule has 2 aliphatic heterocycles. The van der Waals surface area contributed by atoms with Crippen LogP contribution in [0.25, 0.3) is 0 Å². The second-order valence-electron chi connectivity index (χ2n) is 4.13. The summed E-state index contributed by atoms with van der Waals surface area (Å²) in [7, 11) is 0. The van der Waals surface area contributed by atoms with E-state index in [1.165, 1.54) is 0 Å². The molecule has 0 saturated carbocycles. The first-order valence-electron chi connectivity index (χ1n) is 5.81. The Labute approximate surface area is 100 Å². The lowest BCUT2D eigenvalue weighted by atomic mass is 10.3. The molecule has 2 aliphatic rings. The summed E-state index contributed by atoms with van der Waals surface area (Å²) in [6.07, 6.45) is 4.37. The number of amides is 2. The number of primary amides is 1. The van der Waals surface area contributed by atoms with Gasteiger partial charge in [-0.05, 0) is 0 Å². The van der Waals surface area contributed by atoms with Gasteiger partial charge in [0, 0.05) is 26.1 Å². The lowest BCUT2D eigenvalue weighted by Crippen LogP contribution is -2.50. The summed E-state index contributed by atoms with van der Waals surface area (Å²) in [5.74, 6) is 0. The van der Waals surface area contributed by atoms with Gasteiger partial charge in [0.05, 0.1) is 25.8 Å². The molecule has 0 spiro atoms. The van der Waals surface area contributed by atoms with Crippen LogP contribution in [0.4, 0.5) is 4.79 Å². The van der Waals surface area contributed by atoms with Crippen molar-refractivity contribution < 1.29 is 4.79 Å². The van der Waals surface area contributed by atoms with Crippen molar-refractivity contribution in [2.45, 2.75) is 12.6 Å². The van der Waals surface area contributed by atoms with E-state index in [1.54, 1.807) is 6.34 Å². The van der Waals surface area contributed by atoms with Crippen LogP contribution < -0.4 is 11.1 Å². The van der Waals surface area contributed by atoms with Crippen LogP contribution in [0.2, 0.25) is 0 Å². The van der Waals surface area contributed by atoms with Gasteiger partial charge in [-0.1, -0.05) is 0 Å². The first-order chi connectivity index (χ1) is 8.25. The molecule has 0 aromatic carbocycles. The van der Waals surface area contributed by atoms with Crippen molar-refractivity contribution in [1.29, 1.82) is 0 Å². The Bertz CT molecular complexity index is 329. The summed E-state index contributed by atoms with van der Waals surface area (Å²) in [5, 5.41) is 2.75. The molecule has 0 aliphatic carbocycles. The number of nitrogens with zero attached hydrogens (tertiary/aromatic N) is 4. The average Bonchev–Trinajstić information content (AvgIpc) is 2.96. The van der Waals surface area contributed by atoms with Gasteiger partial charge in [-0.15, -0.1) is 0 Å². The predicted octanol–water partition coefficient (Wildman–Crippen LogP) is -0.941. The van der Waals surface area contributed by atoms with E-state index in [0.29, 0.717) is 0 Å². The lowest BCUT2D eigenvalue weighted by molar-refractivity contribution is 0.221. The SMILES string of the molecule is NC(=O)NC(CCN1C=NCC1)N1C=NCC1. The lowest BCUT2D eigenvalue weighted by Gasteiger charge is -2.28. The van der Waals surface area contributed by atoms with E-state index in [9.17, 15) is 4.79 Å². The van der Waals surface area contributed by atoms with Crippen LogP contribution in [-0.2, 0) is 0 Å². The number of nitrogens with two attached hydrogens (primary N) is 1. The number of carbonyl (C=O) groups is 1. The third kappa shape index (κ3) is 3.33. The largest absolute Gasteiger partial charge is 0.361 e. The van der Waals surface area contributed by atoms with Gasteiger partial charge in [-0.2, -0.15) is 0 Å². The van der Waals surface area contributed by atoms with Crippen molar-refractivity contribution >= 4 is 18.7 Å². The van der Waals surface area contributed by atoms with Crippen LogP contribution in [0.5, 0.6) is 0 Å². The molecule has 0 aromatic rings. The molecule has 0 bridgehead atoms. The molecule has 1 unspecified atom stereocenters. The van der Waals surface area contributed by atoms with Crippen molar-refractivity contribution in [2.75, 3.05) is 32.7 Å². The quantitative estimate of drug-likeness (QED) is 0.648. The van der Waals surface area contributed by atoms with E-state index in [-0.39, 0.29) is 6.17 Å². The Morgan fingerprint density at radius 3 is 2.71 bits per heavy atom. The maximum Gasteiger partial charge on any atom is 0.313 e. The zero-order valence-corrected chi connectivity index (χ0v) is 9.75. The van der Waals surface area contributed by atoms with Crippen LogP contribution in [0.3, 0.4) is 0 Å². The van der Waals surface area contributed by atoms with Gasteiger partial charge in [0.15, 0.2) is 0 Å². The summed E-state index contributed by atoms with van der Waals surface area (Å²) in [5.41, 5.74) is 5.18. The fourth-order valence-electron chi connectivity index (χ4n) is 1.99. The van der Waals surface area contributed by atoms with Crippen LogP contribution in [0.1, 0.15) is 6.42 Å². The van der Waals surface area contributed by atoms with Crippen LogP contribution in [0.15, 0.2) is 9.98 Å². The highest BCUT2D eigenvalue weighted by atomic mass is 16.2. The molecule has 2 heterocycles. The summed E-state index contributed by atoms with van der Waals surface area (Å²) in [4.78, 5) is 23.4. The third-order valence-electron chi connectivity index (χ3n) is 2.88. The Balaban J connectivity index is 1.83. The molecule has 0 radical (unpaired) electrons. The van der Waals surface area contributed by atoms with Gasteiger partial charge in [0.25, 0.3) is 0 Å². The van der Waals surface area contributed by atoms with Crippen molar-refractivity contribution in [3.05, 3.63) is 0 Å². The highest BCUT2D eigenvalue weighted by Crippen LogP contribution is 2.05. The van der Waals surface area contributed by atoms with Crippen LogP contribution in [0, 0.1) is 0 Å². The van der Waals surface area contributed by atoms with Gasteiger partial charge in [0.2, 0.25) is 0 Å². The van der Waals surface area contributed by atoms with Crippen molar-refractivity contribution in [3.8, 4) is 0 Å². The molecule has 0 aromatic heterocycles. The fourth-order valence-corrected chi connectivity index (χ4v) is 1.99. The van der Waals surface area contributed by atoms with Gasteiger partial charge in [0.1, 0.15) is 6.17 Å². The summed E-state index contributed by atoms with van der Waals surface area (Å²) in [6, 6.07) is -0.495. The number of nitrogens with one attached hydrogen (secondary N) is 1. The summed E-state index contributed by atoms with van der Waals surface area (Å²) < 4.78 is 0. The van der Waals surface area contributed by atoms with E-state index < -0.39 is 6.03 Å². The highest BCUT2D eigenvalue weighted by molar-refractivity contribution is 5.72. The molecular weight excluding hydrogens is 220 g/mol. The Morgan fingerprint density at radius 2 is 2.12 bits per heavy atom. The van der Waals surface area contributed by atoms with Gasteiger partial charge in [-0.25, -0.2) is 4.79 Å². The second-order valence-corrected chi connectivity index (χ2v) is 4.13. The molecule has 2 rings (SSSR count). The zero-order valence-electron chi connectivity index (χ0n) is 9.75. The van der Waals surface area contributed by atoms with Crippen molar-refractivity contribution in [1.82, 2.24) is 15.1 Å². The minimum atomic E-state index is -0.495. The van der Waals surface area contributed by atoms with Gasteiger partial charge in [-0.3, -0.25) is 9.98 Å². The zero-order chi connectivity index (χ0) is 12.1. The predicted molar refractivity (Wildman–Crippen MR) is 66.1 cm³/mol. The topological polar surface area (TPSA) is 86.3 Å². The van der Waals surface area contributed by atoms with Crippen molar-refractivity contribution in [2.24, 2.45) is 15.7 Å². The molecular formula is C10H18N6O. The number of hydrogen-bond donors (Lipinski definition) is 2. The first-order valence-corrected chi connectivity index (χ1v) is 5.81. The number of hydrogen-bond acceptors (Lipinski definition) is 5. The minimum Gasteiger partial charge on any atom is -0.361 e. The molecule has 7 heteroatoms. The number of urea groups is 1. The molecule has 0 fully saturated rings. The van der Waals surface area contributed by atoms with Gasteiger partial charge < -0.3 is 20.9 Å². The van der Waals surface area contributed by atoms with Gasteiger partial charge >= 0.3 is 6.03 Å². The third-order valence-corrected chi connectivity index (χ3v) is 2.88. The summed E-state index contributed by atoms with van der Waals surface area (Å²) in [6.45, 7) is 4.29. The number of aliphatic imine (C=N–C) groups is 2. The highest BCUT2D eigenvalue weighted by Gasteiger charge is 2.20. The number of rotatable bonds is 5. The minimum absolute atomic E-state index is 0.0762. The second kappa shape index (κ2) is 5.51. The van der Waals surface area contributed by atoms with E-state index in [4.69, 9.17) is 5.73 Å². The van der Waals surface area contributed by atoms with E-state index in [0.717, 1.165) is 39.1 Å². The molecule has 1 atom stereocenters. The summed E-state index contributed by atoms with van der Waals surface area (Å²) >= 11 is 0. The standard InChI is InChI=1S/C10H18N6O/c11-10(17)14-9(16-6-3-13-8-16)1-4-15-5-2-12-7-15/h7-9H,1-6H2,(H3,11,14,17). The normalized spacial score (nSPS) is 20.0. The first kappa shape index (κ1) is 11.7.